The van der Waals surface area contributed by atoms with Crippen LogP contribution in [0.5, 0.6) is 0 Å². The summed E-state index contributed by atoms with van der Waals surface area (Å²) in [5.41, 5.74) is 0.0760. The molecule has 1 saturated carbocycles. The summed E-state index contributed by atoms with van der Waals surface area (Å²) >= 11 is 1.58. The molecule has 0 amide bonds. The molecule has 0 heterocycles. The zero-order chi connectivity index (χ0) is 15.3. The number of carbonyl (C=O) groups is 1. The fourth-order valence-electron chi connectivity index (χ4n) is 2.24. The molecule has 0 aromatic heterocycles. The normalized spacial score (nSPS) is 18.8. The summed E-state index contributed by atoms with van der Waals surface area (Å²) in [5.74, 6) is 0.278. The van der Waals surface area contributed by atoms with Crippen molar-refractivity contribution in [1.82, 2.24) is 5.32 Å². The topological polar surface area (TPSA) is 58.6 Å². The van der Waals surface area contributed by atoms with E-state index in [1.807, 2.05) is 37.3 Å². The fourth-order valence-corrected chi connectivity index (χ4v) is 3.24. The van der Waals surface area contributed by atoms with Crippen LogP contribution in [0, 0.1) is 0 Å². The van der Waals surface area contributed by atoms with Gasteiger partial charge in [-0.25, -0.2) is 4.79 Å². The molecule has 5 heteroatoms. The summed E-state index contributed by atoms with van der Waals surface area (Å²) in [6, 6.07) is 10.1. The maximum Gasteiger partial charge on any atom is 0.331 e. The van der Waals surface area contributed by atoms with E-state index < -0.39 is 5.54 Å². The molecule has 0 spiro atoms. The molecule has 2 atom stereocenters. The molecule has 116 valence electrons. The van der Waals surface area contributed by atoms with Crippen molar-refractivity contribution in [1.29, 1.82) is 0 Å². The highest BCUT2D eigenvalue weighted by Crippen LogP contribution is 2.33. The maximum atomic E-state index is 12.5. The molecule has 1 aliphatic rings. The van der Waals surface area contributed by atoms with Crippen LogP contribution in [-0.2, 0) is 15.1 Å². The van der Waals surface area contributed by atoms with Gasteiger partial charge in [0.2, 0.25) is 0 Å². The Bertz CT molecular complexity index is 464. The van der Waals surface area contributed by atoms with Gasteiger partial charge in [0.15, 0.2) is 5.54 Å². The average Bonchev–Trinajstić information content (AvgIpc) is 3.35. The molecule has 1 aromatic rings. The lowest BCUT2D eigenvalue weighted by molar-refractivity contribution is -0.148. The Balaban J connectivity index is 2.30. The van der Waals surface area contributed by atoms with E-state index in [9.17, 15) is 9.90 Å². The minimum Gasteiger partial charge on any atom is -0.467 e. The van der Waals surface area contributed by atoms with Crippen molar-refractivity contribution in [2.24, 2.45) is 0 Å². The van der Waals surface area contributed by atoms with Crippen molar-refractivity contribution >= 4 is 17.7 Å². The first-order valence-corrected chi connectivity index (χ1v) is 8.31. The van der Waals surface area contributed by atoms with Gasteiger partial charge in [-0.05, 0) is 18.4 Å². The van der Waals surface area contributed by atoms with Crippen LogP contribution in [0.25, 0.3) is 0 Å². The summed E-state index contributed by atoms with van der Waals surface area (Å²) in [5, 5.41) is 12.8. The standard InChI is InChI=1S/C16H23NO3S/c1-12(10-18)21-11-16(15(19)20-2,17-14-8-9-14)13-6-4-3-5-7-13/h3-7,12,14,17-18H,8-11H2,1-2H3. The fraction of sp³-hybridized carbons (Fsp3) is 0.562. The van der Waals surface area contributed by atoms with E-state index in [4.69, 9.17) is 4.74 Å². The van der Waals surface area contributed by atoms with Gasteiger partial charge in [-0.15, -0.1) is 0 Å². The number of hydrogen-bond donors (Lipinski definition) is 2. The molecular formula is C16H23NO3S. The van der Waals surface area contributed by atoms with Crippen molar-refractivity contribution in [3.05, 3.63) is 35.9 Å². The number of hydrogen-bond acceptors (Lipinski definition) is 5. The second-order valence-electron chi connectivity index (χ2n) is 5.49. The SMILES string of the molecule is COC(=O)C(CSC(C)CO)(NC1CC1)c1ccccc1. The number of ether oxygens (including phenoxy) is 1. The number of methoxy groups -OCH3 is 1. The third-order valence-corrected chi connectivity index (χ3v) is 4.99. The van der Waals surface area contributed by atoms with Crippen molar-refractivity contribution in [3.63, 3.8) is 0 Å². The van der Waals surface area contributed by atoms with E-state index in [1.54, 1.807) is 11.8 Å². The van der Waals surface area contributed by atoms with Crippen LogP contribution in [0.4, 0.5) is 0 Å². The molecule has 2 N–H and O–H groups in total. The molecule has 0 bridgehead atoms. The summed E-state index contributed by atoms with van der Waals surface area (Å²) in [6.45, 7) is 2.05. The van der Waals surface area contributed by atoms with Gasteiger partial charge in [0.1, 0.15) is 0 Å². The van der Waals surface area contributed by atoms with Crippen LogP contribution >= 0.6 is 11.8 Å². The predicted molar refractivity (Wildman–Crippen MR) is 85.3 cm³/mol. The van der Waals surface area contributed by atoms with E-state index in [0.717, 1.165) is 18.4 Å². The first-order chi connectivity index (χ1) is 10.1. The van der Waals surface area contributed by atoms with Gasteiger partial charge >= 0.3 is 5.97 Å². The van der Waals surface area contributed by atoms with Crippen LogP contribution in [0.2, 0.25) is 0 Å². The third kappa shape index (κ3) is 3.99. The predicted octanol–water partition coefficient (Wildman–Crippen LogP) is 1.92. The smallest absolute Gasteiger partial charge is 0.331 e. The zero-order valence-electron chi connectivity index (χ0n) is 12.5. The van der Waals surface area contributed by atoms with Gasteiger partial charge < -0.3 is 9.84 Å². The molecule has 1 fully saturated rings. The highest BCUT2D eigenvalue weighted by molar-refractivity contribution is 8.00. The molecule has 21 heavy (non-hydrogen) atoms. The molecular weight excluding hydrogens is 286 g/mol. The summed E-state index contributed by atoms with van der Waals surface area (Å²) in [4.78, 5) is 12.5. The van der Waals surface area contributed by atoms with Gasteiger partial charge in [-0.1, -0.05) is 37.3 Å². The van der Waals surface area contributed by atoms with Crippen LogP contribution in [0.3, 0.4) is 0 Å². The van der Waals surface area contributed by atoms with Gasteiger partial charge in [0.05, 0.1) is 13.7 Å². The lowest BCUT2D eigenvalue weighted by atomic mass is 9.91. The van der Waals surface area contributed by atoms with Crippen LogP contribution in [0.1, 0.15) is 25.3 Å². The number of benzene rings is 1. The Morgan fingerprint density at radius 3 is 2.67 bits per heavy atom. The highest BCUT2D eigenvalue weighted by atomic mass is 32.2. The van der Waals surface area contributed by atoms with Crippen molar-refractivity contribution in [3.8, 4) is 0 Å². The Labute approximate surface area is 130 Å². The number of aliphatic hydroxyl groups is 1. The molecule has 2 rings (SSSR count). The number of esters is 1. The van der Waals surface area contributed by atoms with E-state index in [-0.39, 0.29) is 17.8 Å². The minimum atomic E-state index is -0.842. The molecule has 0 radical (unpaired) electrons. The van der Waals surface area contributed by atoms with Gasteiger partial charge in [-0.2, -0.15) is 11.8 Å². The van der Waals surface area contributed by atoms with E-state index >= 15 is 0 Å². The van der Waals surface area contributed by atoms with Crippen LogP contribution in [-0.4, -0.2) is 41.8 Å². The van der Waals surface area contributed by atoms with Crippen LogP contribution in [0.15, 0.2) is 30.3 Å². The Morgan fingerprint density at radius 2 is 2.14 bits per heavy atom. The molecule has 1 aromatic carbocycles. The summed E-state index contributed by atoms with van der Waals surface area (Å²) in [6.07, 6.45) is 2.18. The van der Waals surface area contributed by atoms with Gasteiger partial charge in [-0.3, -0.25) is 5.32 Å². The first-order valence-electron chi connectivity index (χ1n) is 7.26. The van der Waals surface area contributed by atoms with Crippen LogP contribution < -0.4 is 5.32 Å². The number of rotatable bonds is 8. The number of thioether (sulfide) groups is 1. The minimum absolute atomic E-state index is 0.0822. The molecule has 2 unspecified atom stereocenters. The molecule has 1 aliphatic carbocycles. The van der Waals surface area contributed by atoms with Crippen molar-refractivity contribution in [2.45, 2.75) is 36.6 Å². The largest absolute Gasteiger partial charge is 0.467 e. The van der Waals surface area contributed by atoms with E-state index in [2.05, 4.69) is 5.32 Å². The molecule has 0 aliphatic heterocycles. The zero-order valence-corrected chi connectivity index (χ0v) is 13.4. The maximum absolute atomic E-state index is 12.5. The molecule has 4 nitrogen and oxygen atoms in total. The number of nitrogens with one attached hydrogen (secondary N) is 1. The van der Waals surface area contributed by atoms with Crippen molar-refractivity contribution < 1.29 is 14.6 Å². The van der Waals surface area contributed by atoms with Gasteiger partial charge in [0, 0.05) is 17.0 Å². The Morgan fingerprint density at radius 1 is 1.48 bits per heavy atom. The Hall–Kier alpha value is -1.04. The second kappa shape index (κ2) is 7.29. The second-order valence-corrected chi connectivity index (χ2v) is 6.91. The lowest BCUT2D eigenvalue weighted by Crippen LogP contribution is -2.53. The Kier molecular flexibility index (Phi) is 5.67. The number of aliphatic hydroxyl groups excluding tert-OH is 1. The lowest BCUT2D eigenvalue weighted by Gasteiger charge is -2.33. The third-order valence-electron chi connectivity index (χ3n) is 3.67. The summed E-state index contributed by atoms with van der Waals surface area (Å²) < 4.78 is 5.09. The van der Waals surface area contributed by atoms with E-state index in [0.29, 0.717) is 11.8 Å². The number of carbonyl (C=O) groups excluding carboxylic acids is 1. The highest BCUT2D eigenvalue weighted by Gasteiger charge is 2.45. The first kappa shape index (κ1) is 16.3. The van der Waals surface area contributed by atoms with Crippen molar-refractivity contribution in [2.75, 3.05) is 19.5 Å². The quantitative estimate of drug-likeness (QED) is 0.719. The van der Waals surface area contributed by atoms with E-state index in [1.165, 1.54) is 7.11 Å². The summed E-state index contributed by atoms with van der Waals surface area (Å²) in [7, 11) is 1.43. The molecule has 0 saturated heterocycles. The average molecular weight is 309 g/mol. The van der Waals surface area contributed by atoms with Gasteiger partial charge in [0.25, 0.3) is 0 Å². The monoisotopic (exact) mass is 309 g/mol.